The van der Waals surface area contributed by atoms with Gasteiger partial charge >= 0.3 is 0 Å². The molecule has 0 aromatic carbocycles. The van der Waals surface area contributed by atoms with Crippen LogP contribution in [0.4, 0.5) is 0 Å². The summed E-state index contributed by atoms with van der Waals surface area (Å²) in [6.07, 6.45) is 17.3. The summed E-state index contributed by atoms with van der Waals surface area (Å²) in [6.45, 7) is 17.1. The SMILES string of the molecule is C=CCC[C@H](C)CCNC[C@@H](C)CCCCCCC(C)CC=C. The maximum absolute atomic E-state index is 3.82. The van der Waals surface area contributed by atoms with Crippen LogP contribution in [0, 0.1) is 17.8 Å². The van der Waals surface area contributed by atoms with E-state index in [9.17, 15) is 0 Å². The maximum Gasteiger partial charge on any atom is -0.00232 e. The molecule has 0 bridgehead atoms. The topological polar surface area (TPSA) is 12.0 Å². The molecule has 0 amide bonds. The van der Waals surface area contributed by atoms with Crippen molar-refractivity contribution in [3.05, 3.63) is 25.3 Å². The number of nitrogens with one attached hydrogen (secondary N) is 1. The van der Waals surface area contributed by atoms with Crippen LogP contribution in [0.25, 0.3) is 0 Å². The second-order valence-corrected chi connectivity index (χ2v) is 7.69. The zero-order valence-corrected chi connectivity index (χ0v) is 16.3. The van der Waals surface area contributed by atoms with E-state index in [-0.39, 0.29) is 0 Å². The first kappa shape index (κ1) is 22.4. The van der Waals surface area contributed by atoms with E-state index < -0.39 is 0 Å². The summed E-state index contributed by atoms with van der Waals surface area (Å²) in [6, 6.07) is 0. The molecule has 1 N–H and O–H groups in total. The highest BCUT2D eigenvalue weighted by atomic mass is 14.8. The molecule has 0 aromatic heterocycles. The molecule has 0 radical (unpaired) electrons. The Morgan fingerprint density at radius 2 is 1.39 bits per heavy atom. The average molecular weight is 322 g/mol. The molecule has 1 unspecified atom stereocenters. The van der Waals surface area contributed by atoms with Gasteiger partial charge in [0.25, 0.3) is 0 Å². The van der Waals surface area contributed by atoms with Gasteiger partial charge in [-0.05, 0) is 62.9 Å². The van der Waals surface area contributed by atoms with Gasteiger partial charge in [-0.25, -0.2) is 0 Å². The Morgan fingerprint density at radius 1 is 0.739 bits per heavy atom. The van der Waals surface area contributed by atoms with Crippen LogP contribution in [0.3, 0.4) is 0 Å². The first-order valence-electron chi connectivity index (χ1n) is 10.0. The lowest BCUT2D eigenvalue weighted by Gasteiger charge is -2.15. The highest BCUT2D eigenvalue weighted by Gasteiger charge is 2.04. The molecule has 0 heterocycles. The van der Waals surface area contributed by atoms with Crippen LogP contribution in [0.2, 0.25) is 0 Å². The van der Waals surface area contributed by atoms with Crippen molar-refractivity contribution in [3.63, 3.8) is 0 Å². The molecule has 0 aliphatic rings. The second-order valence-electron chi connectivity index (χ2n) is 7.69. The van der Waals surface area contributed by atoms with Crippen LogP contribution in [-0.2, 0) is 0 Å². The summed E-state index contributed by atoms with van der Waals surface area (Å²) < 4.78 is 0. The standard InChI is InChI=1S/C22H43N/c1-6-8-14-21(4)17-18-23-19-22(5)16-12-10-9-11-15-20(3)13-7-2/h6-7,20-23H,1-2,8-19H2,3-5H3/t20?,21-,22-/m0/s1. The molecule has 0 fully saturated rings. The first-order chi connectivity index (χ1) is 11.1. The van der Waals surface area contributed by atoms with Gasteiger partial charge in [-0.1, -0.05) is 65.0 Å². The molecule has 0 aromatic rings. The smallest absolute Gasteiger partial charge is 0.00232 e. The Morgan fingerprint density at radius 3 is 2.00 bits per heavy atom. The Balaban J connectivity index is 3.35. The van der Waals surface area contributed by atoms with Crippen LogP contribution in [0.5, 0.6) is 0 Å². The van der Waals surface area contributed by atoms with Gasteiger partial charge in [-0.2, -0.15) is 0 Å². The lowest BCUT2D eigenvalue weighted by molar-refractivity contribution is 0.420. The Kier molecular flexibility index (Phi) is 15.9. The summed E-state index contributed by atoms with van der Waals surface area (Å²) >= 11 is 0. The molecule has 0 spiro atoms. The summed E-state index contributed by atoms with van der Waals surface area (Å²) in [5.41, 5.74) is 0. The number of unbranched alkanes of at least 4 members (excludes halogenated alkanes) is 3. The van der Waals surface area contributed by atoms with E-state index in [2.05, 4.69) is 45.3 Å². The van der Waals surface area contributed by atoms with Gasteiger partial charge in [0.1, 0.15) is 0 Å². The molecule has 23 heavy (non-hydrogen) atoms. The fourth-order valence-corrected chi connectivity index (χ4v) is 3.09. The van der Waals surface area contributed by atoms with Crippen molar-refractivity contribution in [3.8, 4) is 0 Å². The van der Waals surface area contributed by atoms with E-state index in [1.54, 1.807) is 0 Å². The van der Waals surface area contributed by atoms with Crippen LogP contribution in [-0.4, -0.2) is 13.1 Å². The summed E-state index contributed by atoms with van der Waals surface area (Å²) in [7, 11) is 0. The molecule has 0 saturated heterocycles. The maximum atomic E-state index is 3.82. The normalized spacial score (nSPS) is 15.1. The fraction of sp³-hybridized carbons (Fsp3) is 0.818. The molecule has 0 saturated carbocycles. The highest BCUT2D eigenvalue weighted by Crippen LogP contribution is 2.16. The minimum atomic E-state index is 0.818. The summed E-state index contributed by atoms with van der Waals surface area (Å²) in [4.78, 5) is 0. The van der Waals surface area contributed by atoms with Crippen molar-refractivity contribution in [1.29, 1.82) is 0 Å². The molecule has 1 heteroatoms. The fourth-order valence-electron chi connectivity index (χ4n) is 3.09. The van der Waals surface area contributed by atoms with Crippen molar-refractivity contribution in [2.75, 3.05) is 13.1 Å². The van der Waals surface area contributed by atoms with Crippen molar-refractivity contribution < 1.29 is 0 Å². The monoisotopic (exact) mass is 321 g/mol. The number of hydrogen-bond acceptors (Lipinski definition) is 1. The van der Waals surface area contributed by atoms with Crippen LogP contribution in [0.1, 0.15) is 85.0 Å². The molecular formula is C22H43N. The predicted molar refractivity (Wildman–Crippen MR) is 107 cm³/mol. The van der Waals surface area contributed by atoms with Crippen LogP contribution < -0.4 is 5.32 Å². The Hall–Kier alpha value is -0.560. The molecule has 1 nitrogen and oxygen atoms in total. The largest absolute Gasteiger partial charge is 0.316 e. The van der Waals surface area contributed by atoms with E-state index >= 15 is 0 Å². The zero-order chi connectivity index (χ0) is 17.3. The van der Waals surface area contributed by atoms with Crippen molar-refractivity contribution in [2.24, 2.45) is 17.8 Å². The minimum absolute atomic E-state index is 0.818. The molecule has 0 aliphatic carbocycles. The Labute approximate surface area is 147 Å². The number of rotatable bonds is 17. The number of allylic oxidation sites excluding steroid dienone is 2. The van der Waals surface area contributed by atoms with Gasteiger partial charge in [0, 0.05) is 0 Å². The Bertz CT molecular complexity index is 271. The highest BCUT2D eigenvalue weighted by molar-refractivity contribution is 4.70. The van der Waals surface area contributed by atoms with Gasteiger partial charge in [0.2, 0.25) is 0 Å². The third kappa shape index (κ3) is 16.1. The predicted octanol–water partition coefficient (Wildman–Crippen LogP) is 6.76. The van der Waals surface area contributed by atoms with Gasteiger partial charge in [0.15, 0.2) is 0 Å². The minimum Gasteiger partial charge on any atom is -0.316 e. The molecule has 136 valence electrons. The van der Waals surface area contributed by atoms with Crippen molar-refractivity contribution in [1.82, 2.24) is 5.32 Å². The zero-order valence-electron chi connectivity index (χ0n) is 16.3. The van der Waals surface area contributed by atoms with E-state index in [0.29, 0.717) is 0 Å². The third-order valence-electron chi connectivity index (χ3n) is 4.88. The second kappa shape index (κ2) is 16.3. The van der Waals surface area contributed by atoms with E-state index in [1.165, 1.54) is 70.9 Å². The molecule has 0 rings (SSSR count). The lowest BCUT2D eigenvalue weighted by atomic mass is 9.97. The van der Waals surface area contributed by atoms with Gasteiger partial charge in [0.05, 0.1) is 0 Å². The molecule has 3 atom stereocenters. The third-order valence-corrected chi connectivity index (χ3v) is 4.88. The van der Waals surface area contributed by atoms with Gasteiger partial charge < -0.3 is 5.32 Å². The summed E-state index contributed by atoms with van der Waals surface area (Å²) in [5, 5.41) is 3.64. The van der Waals surface area contributed by atoms with Gasteiger partial charge in [-0.15, -0.1) is 13.2 Å². The van der Waals surface area contributed by atoms with E-state index in [4.69, 9.17) is 0 Å². The average Bonchev–Trinajstić information content (AvgIpc) is 2.53. The van der Waals surface area contributed by atoms with Gasteiger partial charge in [-0.3, -0.25) is 0 Å². The quantitative estimate of drug-likeness (QED) is 0.230. The van der Waals surface area contributed by atoms with Crippen molar-refractivity contribution in [2.45, 2.75) is 85.0 Å². The van der Waals surface area contributed by atoms with E-state index in [1.807, 2.05) is 6.08 Å². The van der Waals surface area contributed by atoms with E-state index in [0.717, 1.165) is 24.2 Å². The molecular weight excluding hydrogens is 278 g/mol. The summed E-state index contributed by atoms with van der Waals surface area (Å²) in [5.74, 6) is 2.46. The van der Waals surface area contributed by atoms with Crippen LogP contribution >= 0.6 is 0 Å². The molecule has 0 aliphatic heterocycles. The van der Waals surface area contributed by atoms with Crippen LogP contribution in [0.15, 0.2) is 25.3 Å². The first-order valence-corrected chi connectivity index (χ1v) is 10.0. The lowest BCUT2D eigenvalue weighted by Crippen LogP contribution is -2.23. The number of hydrogen-bond donors (Lipinski definition) is 1. The van der Waals surface area contributed by atoms with Crippen molar-refractivity contribution >= 4 is 0 Å².